The molecule has 2 aromatic heterocycles. The van der Waals surface area contributed by atoms with Gasteiger partial charge >= 0.3 is 12.2 Å². The summed E-state index contributed by atoms with van der Waals surface area (Å²) in [5.74, 6) is 1.61. The van der Waals surface area contributed by atoms with Crippen LogP contribution >= 0.6 is 0 Å². The number of benzene rings is 2. The molecule has 4 heterocycles. The summed E-state index contributed by atoms with van der Waals surface area (Å²) in [6, 6.07) is 12.2. The Morgan fingerprint density at radius 3 is 1.84 bits per heavy atom. The molecule has 2 aliphatic heterocycles. The fraction of sp³-hybridized carbons (Fsp3) is 0.486. The lowest BCUT2D eigenvalue weighted by molar-refractivity contribution is 0.0208. The molecular formula is C35H44N6O4. The van der Waals surface area contributed by atoms with E-state index in [1.54, 1.807) is 9.80 Å². The van der Waals surface area contributed by atoms with Crippen LogP contribution in [0.15, 0.2) is 42.5 Å². The number of amides is 2. The van der Waals surface area contributed by atoms with Gasteiger partial charge in [0, 0.05) is 13.1 Å². The van der Waals surface area contributed by atoms with Crippen LogP contribution in [0.1, 0.15) is 102 Å². The Labute approximate surface area is 264 Å². The lowest BCUT2D eigenvalue weighted by atomic mass is 10.1. The zero-order chi connectivity index (χ0) is 31.9. The summed E-state index contributed by atoms with van der Waals surface area (Å²) in [7, 11) is 0. The van der Waals surface area contributed by atoms with E-state index in [4.69, 9.17) is 19.4 Å². The average Bonchev–Trinajstić information content (AvgIpc) is 3.75. The van der Waals surface area contributed by atoms with Gasteiger partial charge in [0.05, 0.1) is 34.2 Å². The van der Waals surface area contributed by atoms with Crippen LogP contribution in [0.2, 0.25) is 0 Å². The lowest BCUT2D eigenvalue weighted by Crippen LogP contribution is -2.36. The molecule has 2 aliphatic rings. The Morgan fingerprint density at radius 1 is 0.800 bits per heavy atom. The van der Waals surface area contributed by atoms with E-state index >= 15 is 0 Å². The Morgan fingerprint density at radius 2 is 1.31 bits per heavy atom. The van der Waals surface area contributed by atoms with E-state index in [1.807, 2.05) is 53.7 Å². The average molecular weight is 613 g/mol. The molecule has 2 N–H and O–H groups in total. The first-order valence-corrected chi connectivity index (χ1v) is 16.0. The maximum absolute atomic E-state index is 12.8. The molecule has 2 atom stereocenters. The van der Waals surface area contributed by atoms with Crippen LogP contribution in [0.25, 0.3) is 28.1 Å². The SMILES string of the molecule is CC(C)(C)OC(=O)N1CCC[C@H]1c1nc2ccc(C=CCc3ccc4nc([C@@H]5CCCN5C(=O)OC(C)(C)C)[nH]c4c3)cc2[nH]1. The minimum atomic E-state index is -0.535. The van der Waals surface area contributed by atoms with Crippen molar-refractivity contribution < 1.29 is 19.1 Å². The third kappa shape index (κ3) is 7.00. The van der Waals surface area contributed by atoms with E-state index in [1.165, 1.54) is 0 Å². The first-order chi connectivity index (χ1) is 21.3. The summed E-state index contributed by atoms with van der Waals surface area (Å²) in [4.78, 5) is 45.7. The second-order valence-electron chi connectivity index (χ2n) is 14.1. The fourth-order valence-electron chi connectivity index (χ4n) is 6.18. The molecule has 10 nitrogen and oxygen atoms in total. The van der Waals surface area contributed by atoms with E-state index in [-0.39, 0.29) is 24.3 Å². The van der Waals surface area contributed by atoms with Gasteiger partial charge in [-0.2, -0.15) is 0 Å². The van der Waals surface area contributed by atoms with E-state index < -0.39 is 11.2 Å². The Kier molecular flexibility index (Phi) is 8.09. The minimum absolute atomic E-state index is 0.109. The Bertz CT molecular complexity index is 1740. The van der Waals surface area contributed by atoms with Gasteiger partial charge in [0.1, 0.15) is 22.9 Å². The molecule has 2 fully saturated rings. The van der Waals surface area contributed by atoms with Crippen molar-refractivity contribution >= 4 is 40.3 Å². The zero-order valence-electron chi connectivity index (χ0n) is 27.1. The molecule has 0 spiro atoms. The van der Waals surface area contributed by atoms with Crippen molar-refractivity contribution in [3.63, 3.8) is 0 Å². The maximum Gasteiger partial charge on any atom is 0.410 e. The monoisotopic (exact) mass is 612 g/mol. The highest BCUT2D eigenvalue weighted by Crippen LogP contribution is 2.34. The van der Waals surface area contributed by atoms with E-state index in [9.17, 15) is 9.59 Å². The number of H-pyrrole nitrogens is 2. The van der Waals surface area contributed by atoms with Crippen molar-refractivity contribution in [3.05, 3.63) is 65.2 Å². The summed E-state index contributed by atoms with van der Waals surface area (Å²) >= 11 is 0. The molecule has 2 amide bonds. The third-order valence-corrected chi connectivity index (χ3v) is 8.15. The fourth-order valence-corrected chi connectivity index (χ4v) is 6.18. The van der Waals surface area contributed by atoms with Crippen LogP contribution in [0.3, 0.4) is 0 Å². The van der Waals surface area contributed by atoms with Crippen LogP contribution < -0.4 is 0 Å². The van der Waals surface area contributed by atoms with Gasteiger partial charge in [0.25, 0.3) is 0 Å². The van der Waals surface area contributed by atoms with E-state index in [0.29, 0.717) is 13.1 Å². The number of nitrogens with one attached hydrogen (secondary N) is 2. The summed E-state index contributed by atoms with van der Waals surface area (Å²) < 4.78 is 11.3. The molecule has 0 aliphatic carbocycles. The molecule has 4 aromatic rings. The summed E-state index contributed by atoms with van der Waals surface area (Å²) in [5, 5.41) is 0. The van der Waals surface area contributed by atoms with E-state index in [2.05, 4.69) is 46.4 Å². The number of ether oxygens (including phenoxy) is 2. The van der Waals surface area contributed by atoms with Crippen LogP contribution in [0.4, 0.5) is 9.59 Å². The first-order valence-electron chi connectivity index (χ1n) is 16.0. The largest absolute Gasteiger partial charge is 0.444 e. The van der Waals surface area contributed by atoms with Crippen molar-refractivity contribution in [1.82, 2.24) is 29.7 Å². The van der Waals surface area contributed by atoms with Crippen LogP contribution in [-0.4, -0.2) is 66.2 Å². The van der Waals surface area contributed by atoms with Gasteiger partial charge in [-0.05, 0) is 109 Å². The number of carbonyl (C=O) groups excluding carboxylic acids is 2. The van der Waals surface area contributed by atoms with Crippen LogP contribution in [0, 0.1) is 0 Å². The molecule has 2 aromatic carbocycles. The summed E-state index contributed by atoms with van der Waals surface area (Å²) in [6.07, 6.45) is 8.01. The van der Waals surface area contributed by atoms with Gasteiger partial charge in [-0.25, -0.2) is 19.6 Å². The van der Waals surface area contributed by atoms with Crippen molar-refractivity contribution in [1.29, 1.82) is 0 Å². The standard InChI is InChI=1S/C35H44N6O4/c1-34(2,3)44-32(42)40-18-8-12-28(40)30-36-24-16-14-22(20-26(24)38-30)10-7-11-23-15-17-25-27(21-23)39-31(37-25)29-13-9-19-41(29)33(43)45-35(4,5)6/h7,10,14-17,20-21,28-29H,8-9,11-13,18-19H2,1-6H3,(H,36,38)(H,37,39)/t28-,29-/m0/s1. The van der Waals surface area contributed by atoms with Crippen molar-refractivity contribution in [2.24, 2.45) is 0 Å². The number of hydrogen-bond donors (Lipinski definition) is 2. The summed E-state index contributed by atoms with van der Waals surface area (Å²) in [6.45, 7) is 12.7. The number of likely N-dealkylation sites (tertiary alicyclic amines) is 2. The predicted molar refractivity (Wildman–Crippen MR) is 175 cm³/mol. The number of allylic oxidation sites excluding steroid dienone is 1. The number of carbonyl (C=O) groups is 2. The normalized spacial score (nSPS) is 19.3. The smallest absolute Gasteiger partial charge is 0.410 e. The molecule has 0 bridgehead atoms. The highest BCUT2D eigenvalue weighted by Gasteiger charge is 2.36. The highest BCUT2D eigenvalue weighted by molar-refractivity contribution is 5.79. The predicted octanol–water partition coefficient (Wildman–Crippen LogP) is 7.84. The van der Waals surface area contributed by atoms with E-state index in [0.717, 1.165) is 76.9 Å². The van der Waals surface area contributed by atoms with Crippen LogP contribution in [0.5, 0.6) is 0 Å². The second kappa shape index (κ2) is 11.9. The quantitative estimate of drug-likeness (QED) is 0.237. The topological polar surface area (TPSA) is 116 Å². The van der Waals surface area contributed by atoms with Gasteiger partial charge in [-0.3, -0.25) is 9.80 Å². The van der Waals surface area contributed by atoms with Crippen LogP contribution in [-0.2, 0) is 15.9 Å². The molecule has 2 saturated heterocycles. The van der Waals surface area contributed by atoms with Crippen molar-refractivity contribution in [2.75, 3.05) is 13.1 Å². The minimum Gasteiger partial charge on any atom is -0.444 e. The van der Waals surface area contributed by atoms with Gasteiger partial charge in [-0.1, -0.05) is 24.3 Å². The zero-order valence-corrected chi connectivity index (χ0v) is 27.1. The number of nitrogens with zero attached hydrogens (tertiary/aromatic N) is 4. The Balaban J connectivity index is 1.12. The molecule has 0 unspecified atom stereocenters. The van der Waals surface area contributed by atoms with Gasteiger partial charge in [0.15, 0.2) is 0 Å². The molecule has 238 valence electrons. The number of aromatic nitrogens is 4. The molecular weight excluding hydrogens is 568 g/mol. The number of hydrogen-bond acceptors (Lipinski definition) is 6. The third-order valence-electron chi connectivity index (χ3n) is 8.15. The van der Waals surface area contributed by atoms with Crippen molar-refractivity contribution in [2.45, 2.75) is 96.9 Å². The second-order valence-corrected chi connectivity index (χ2v) is 14.1. The molecule has 0 saturated carbocycles. The van der Waals surface area contributed by atoms with Crippen molar-refractivity contribution in [3.8, 4) is 0 Å². The molecule has 10 heteroatoms. The number of fused-ring (bicyclic) bond motifs is 2. The van der Waals surface area contributed by atoms with Gasteiger partial charge in [-0.15, -0.1) is 0 Å². The highest BCUT2D eigenvalue weighted by atomic mass is 16.6. The number of imidazole rings is 2. The lowest BCUT2D eigenvalue weighted by Gasteiger charge is -2.27. The van der Waals surface area contributed by atoms with Gasteiger partial charge in [0.2, 0.25) is 0 Å². The number of aromatic amines is 2. The molecule has 6 rings (SSSR count). The Hall–Kier alpha value is -4.34. The molecule has 0 radical (unpaired) electrons. The number of rotatable bonds is 5. The van der Waals surface area contributed by atoms with Gasteiger partial charge < -0.3 is 19.4 Å². The summed E-state index contributed by atoms with van der Waals surface area (Å²) in [5.41, 5.74) is 4.85. The first kappa shape index (κ1) is 30.7. The molecule has 45 heavy (non-hydrogen) atoms. The maximum atomic E-state index is 12.8.